The Morgan fingerprint density at radius 2 is 1.90 bits per heavy atom. The van der Waals surface area contributed by atoms with Crippen LogP contribution in [0.3, 0.4) is 0 Å². The lowest BCUT2D eigenvalue weighted by Crippen LogP contribution is -2.31. The molecule has 0 atom stereocenters. The summed E-state index contributed by atoms with van der Waals surface area (Å²) in [5.41, 5.74) is 10.6. The Bertz CT molecular complexity index is 693. The van der Waals surface area contributed by atoms with E-state index in [9.17, 15) is 14.7 Å². The van der Waals surface area contributed by atoms with E-state index in [0.29, 0.717) is 6.42 Å². The lowest BCUT2D eigenvalue weighted by atomic mass is 10.1. The summed E-state index contributed by atoms with van der Waals surface area (Å²) in [7, 11) is 0. The number of pyridine rings is 1. The Kier molecular flexibility index (Phi) is 3.74. The lowest BCUT2D eigenvalue weighted by molar-refractivity contribution is 0.0999. The number of amides is 1. The monoisotopic (exact) mass is 273 g/mol. The first-order chi connectivity index (χ1) is 9.50. The van der Waals surface area contributed by atoms with Crippen LogP contribution in [0.2, 0.25) is 0 Å². The Labute approximate surface area is 115 Å². The highest BCUT2D eigenvalue weighted by molar-refractivity contribution is 5.97. The number of nitrogen functional groups attached to an aromatic ring is 1. The number of hydrogen-bond acceptors (Lipinski definition) is 4. The van der Waals surface area contributed by atoms with E-state index in [2.05, 4.69) is 0 Å². The van der Waals surface area contributed by atoms with Crippen LogP contribution in [0.15, 0.2) is 41.2 Å². The van der Waals surface area contributed by atoms with Crippen LogP contribution in [-0.2, 0) is 13.0 Å². The van der Waals surface area contributed by atoms with E-state index >= 15 is 0 Å². The molecule has 104 valence electrons. The zero-order valence-electron chi connectivity index (χ0n) is 10.7. The number of aryl methyl sites for hydroxylation is 1. The summed E-state index contributed by atoms with van der Waals surface area (Å²) in [6.45, 7) is 0.231. The Morgan fingerprint density at radius 3 is 2.50 bits per heavy atom. The second kappa shape index (κ2) is 5.48. The Hall–Kier alpha value is -2.76. The summed E-state index contributed by atoms with van der Waals surface area (Å²) in [6, 6.07) is 10.6. The van der Waals surface area contributed by atoms with Crippen molar-refractivity contribution in [3.63, 3.8) is 0 Å². The van der Waals surface area contributed by atoms with Crippen molar-refractivity contribution in [1.29, 1.82) is 0 Å². The maximum Gasteiger partial charge on any atom is 0.268 e. The van der Waals surface area contributed by atoms with E-state index < -0.39 is 11.5 Å². The molecule has 1 aromatic carbocycles. The van der Waals surface area contributed by atoms with E-state index in [0.717, 1.165) is 16.2 Å². The molecule has 0 aliphatic heterocycles. The predicted molar refractivity (Wildman–Crippen MR) is 75.4 cm³/mol. The van der Waals surface area contributed by atoms with E-state index in [-0.39, 0.29) is 23.7 Å². The SMILES string of the molecule is NC(=O)c1c(N)cc(O)n(CCc2ccccc2)c1=O. The molecular weight excluding hydrogens is 258 g/mol. The van der Waals surface area contributed by atoms with Crippen LogP contribution < -0.4 is 17.0 Å². The number of carbonyl (C=O) groups excluding carboxylic acids is 1. The molecule has 0 saturated carbocycles. The number of carbonyl (C=O) groups is 1. The molecule has 2 rings (SSSR count). The molecule has 1 amide bonds. The van der Waals surface area contributed by atoms with Crippen molar-refractivity contribution >= 4 is 11.6 Å². The fourth-order valence-electron chi connectivity index (χ4n) is 2.00. The van der Waals surface area contributed by atoms with Gasteiger partial charge < -0.3 is 16.6 Å². The van der Waals surface area contributed by atoms with E-state index in [1.54, 1.807) is 0 Å². The molecule has 0 aliphatic carbocycles. The summed E-state index contributed by atoms with van der Waals surface area (Å²) in [5, 5.41) is 9.79. The van der Waals surface area contributed by atoms with E-state index in [1.807, 2.05) is 30.3 Å². The molecule has 0 bridgehead atoms. The fraction of sp³-hybridized carbons (Fsp3) is 0.143. The molecule has 0 saturated heterocycles. The van der Waals surface area contributed by atoms with Crippen molar-refractivity contribution in [1.82, 2.24) is 4.57 Å². The molecule has 0 unspecified atom stereocenters. The molecule has 0 aliphatic rings. The van der Waals surface area contributed by atoms with Crippen LogP contribution in [-0.4, -0.2) is 15.6 Å². The van der Waals surface area contributed by atoms with Gasteiger partial charge in [-0.15, -0.1) is 0 Å². The molecule has 0 radical (unpaired) electrons. The van der Waals surface area contributed by atoms with Gasteiger partial charge in [-0.2, -0.15) is 0 Å². The summed E-state index contributed by atoms with van der Waals surface area (Å²) < 4.78 is 1.09. The highest BCUT2D eigenvalue weighted by atomic mass is 16.3. The number of rotatable bonds is 4. The minimum atomic E-state index is -0.902. The second-order valence-electron chi connectivity index (χ2n) is 4.39. The zero-order valence-corrected chi connectivity index (χ0v) is 10.7. The number of aromatic hydroxyl groups is 1. The van der Waals surface area contributed by atoms with Gasteiger partial charge in [0.2, 0.25) is 0 Å². The number of benzene rings is 1. The average Bonchev–Trinajstić information content (AvgIpc) is 2.38. The first-order valence-electron chi connectivity index (χ1n) is 6.06. The van der Waals surface area contributed by atoms with Gasteiger partial charge in [0.15, 0.2) is 5.88 Å². The topological polar surface area (TPSA) is 111 Å². The number of nitrogens with zero attached hydrogens (tertiary/aromatic N) is 1. The molecule has 6 nitrogen and oxygen atoms in total. The van der Waals surface area contributed by atoms with Gasteiger partial charge in [-0.05, 0) is 12.0 Å². The molecule has 6 heteroatoms. The third-order valence-electron chi connectivity index (χ3n) is 3.02. The molecule has 5 N–H and O–H groups in total. The van der Waals surface area contributed by atoms with Crippen molar-refractivity contribution in [2.24, 2.45) is 5.73 Å². The van der Waals surface area contributed by atoms with Gasteiger partial charge >= 0.3 is 0 Å². The van der Waals surface area contributed by atoms with Crippen molar-refractivity contribution in [2.45, 2.75) is 13.0 Å². The van der Waals surface area contributed by atoms with Gasteiger partial charge in [-0.1, -0.05) is 30.3 Å². The van der Waals surface area contributed by atoms with Crippen LogP contribution in [0, 0.1) is 0 Å². The average molecular weight is 273 g/mol. The molecule has 20 heavy (non-hydrogen) atoms. The molecule has 1 heterocycles. The summed E-state index contributed by atoms with van der Waals surface area (Å²) in [4.78, 5) is 23.3. The number of hydrogen-bond donors (Lipinski definition) is 3. The maximum absolute atomic E-state index is 12.1. The van der Waals surface area contributed by atoms with E-state index in [4.69, 9.17) is 11.5 Å². The van der Waals surface area contributed by atoms with Gasteiger partial charge in [0.25, 0.3) is 11.5 Å². The number of anilines is 1. The van der Waals surface area contributed by atoms with Crippen LogP contribution in [0.25, 0.3) is 0 Å². The smallest absolute Gasteiger partial charge is 0.268 e. The lowest BCUT2D eigenvalue weighted by Gasteiger charge is -2.11. The van der Waals surface area contributed by atoms with Crippen molar-refractivity contribution in [3.8, 4) is 5.88 Å². The maximum atomic E-state index is 12.1. The molecule has 0 fully saturated rings. The number of aromatic nitrogens is 1. The predicted octanol–water partition coefficient (Wildman–Crippen LogP) is 0.478. The minimum absolute atomic E-state index is 0.115. The standard InChI is InChI=1S/C14H15N3O3/c15-10-8-11(18)17(14(20)12(10)13(16)19)7-6-9-4-2-1-3-5-9/h1-5,8,18H,6-7,15H2,(H2,16,19). The quantitative estimate of drug-likeness (QED) is 0.752. The summed E-state index contributed by atoms with van der Waals surface area (Å²) in [6.07, 6.45) is 0.538. The summed E-state index contributed by atoms with van der Waals surface area (Å²) >= 11 is 0. The van der Waals surface area contributed by atoms with Crippen LogP contribution in [0.1, 0.15) is 15.9 Å². The molecule has 2 aromatic rings. The normalized spacial score (nSPS) is 10.4. The van der Waals surface area contributed by atoms with Crippen LogP contribution >= 0.6 is 0 Å². The number of primary amides is 1. The molecular formula is C14H15N3O3. The van der Waals surface area contributed by atoms with Gasteiger partial charge in [0.1, 0.15) is 5.56 Å². The number of nitrogens with two attached hydrogens (primary N) is 2. The third-order valence-corrected chi connectivity index (χ3v) is 3.02. The minimum Gasteiger partial charge on any atom is -0.494 e. The van der Waals surface area contributed by atoms with Gasteiger partial charge in [-0.3, -0.25) is 14.2 Å². The van der Waals surface area contributed by atoms with Gasteiger partial charge in [0.05, 0.1) is 5.69 Å². The van der Waals surface area contributed by atoms with Gasteiger partial charge in [0, 0.05) is 12.6 Å². The first kappa shape index (κ1) is 13.7. The van der Waals surface area contributed by atoms with Crippen molar-refractivity contribution < 1.29 is 9.90 Å². The second-order valence-corrected chi connectivity index (χ2v) is 4.39. The third kappa shape index (κ3) is 2.64. The highest BCUT2D eigenvalue weighted by Gasteiger charge is 2.16. The first-order valence-corrected chi connectivity index (χ1v) is 6.06. The van der Waals surface area contributed by atoms with Crippen LogP contribution in [0.4, 0.5) is 5.69 Å². The highest BCUT2D eigenvalue weighted by Crippen LogP contribution is 2.15. The Balaban J connectivity index is 2.35. The van der Waals surface area contributed by atoms with Crippen molar-refractivity contribution in [3.05, 3.63) is 57.9 Å². The molecule has 0 spiro atoms. The van der Waals surface area contributed by atoms with Gasteiger partial charge in [-0.25, -0.2) is 0 Å². The Morgan fingerprint density at radius 1 is 1.25 bits per heavy atom. The molecule has 1 aromatic heterocycles. The fourth-order valence-corrected chi connectivity index (χ4v) is 2.00. The zero-order chi connectivity index (χ0) is 14.7. The van der Waals surface area contributed by atoms with Crippen molar-refractivity contribution in [2.75, 3.05) is 5.73 Å². The van der Waals surface area contributed by atoms with E-state index in [1.165, 1.54) is 0 Å². The van der Waals surface area contributed by atoms with Crippen LogP contribution in [0.5, 0.6) is 5.88 Å². The largest absolute Gasteiger partial charge is 0.494 e. The summed E-state index contributed by atoms with van der Waals surface area (Å²) in [5.74, 6) is -1.19.